The van der Waals surface area contributed by atoms with Crippen molar-refractivity contribution < 1.29 is 18.7 Å². The van der Waals surface area contributed by atoms with Gasteiger partial charge in [-0.1, -0.05) is 30.3 Å². The number of carbonyl (C=O) groups is 2. The Bertz CT molecular complexity index is 764. The number of carbonyl (C=O) groups excluding carboxylic acids is 2. The van der Waals surface area contributed by atoms with Crippen molar-refractivity contribution in [3.05, 3.63) is 71.5 Å². The van der Waals surface area contributed by atoms with Gasteiger partial charge in [0.05, 0.1) is 7.11 Å². The number of likely N-dealkylation sites (tertiary alicyclic amines) is 1. The molecule has 0 unspecified atom stereocenters. The van der Waals surface area contributed by atoms with Crippen LogP contribution >= 0.6 is 0 Å². The van der Waals surface area contributed by atoms with Gasteiger partial charge in [-0.05, 0) is 36.2 Å². The lowest BCUT2D eigenvalue weighted by Crippen LogP contribution is -2.37. The maximum absolute atomic E-state index is 13.0. The minimum atomic E-state index is -0.404. The maximum atomic E-state index is 13.0. The van der Waals surface area contributed by atoms with Crippen LogP contribution in [0.4, 0.5) is 4.39 Å². The van der Waals surface area contributed by atoms with E-state index in [4.69, 9.17) is 4.74 Å². The summed E-state index contributed by atoms with van der Waals surface area (Å²) in [6.45, 7) is 1.14. The standard InChI is InChI=1S/C20H21FN2O3/c1-26-20(25)18-11-17(13-23(18)12-14-5-3-2-4-6-14)22-19(24)15-7-9-16(21)10-8-15/h2-10,17-18H,11-13H2,1H3,(H,22,24)/t17-,18+/m1/s1. The number of benzene rings is 2. The van der Waals surface area contributed by atoms with E-state index in [1.54, 1.807) is 0 Å². The van der Waals surface area contributed by atoms with Crippen LogP contribution in [0.2, 0.25) is 0 Å². The van der Waals surface area contributed by atoms with Crippen molar-refractivity contribution in [1.29, 1.82) is 0 Å². The van der Waals surface area contributed by atoms with Gasteiger partial charge in [-0.25, -0.2) is 4.39 Å². The van der Waals surface area contributed by atoms with Crippen LogP contribution in [0.25, 0.3) is 0 Å². The van der Waals surface area contributed by atoms with Crippen LogP contribution < -0.4 is 5.32 Å². The number of hydrogen-bond donors (Lipinski definition) is 1. The summed E-state index contributed by atoms with van der Waals surface area (Å²) >= 11 is 0. The van der Waals surface area contributed by atoms with Crippen LogP contribution in [-0.2, 0) is 16.1 Å². The van der Waals surface area contributed by atoms with E-state index in [1.165, 1.54) is 31.4 Å². The average molecular weight is 356 g/mol. The molecule has 3 rings (SSSR count). The van der Waals surface area contributed by atoms with E-state index in [-0.39, 0.29) is 23.7 Å². The first-order chi connectivity index (χ1) is 12.6. The first-order valence-electron chi connectivity index (χ1n) is 8.49. The number of rotatable bonds is 5. The molecule has 1 saturated heterocycles. The van der Waals surface area contributed by atoms with Gasteiger partial charge in [0.25, 0.3) is 5.91 Å². The number of methoxy groups -OCH3 is 1. The fourth-order valence-electron chi connectivity index (χ4n) is 3.25. The zero-order chi connectivity index (χ0) is 18.5. The Balaban J connectivity index is 1.68. The Morgan fingerprint density at radius 3 is 2.50 bits per heavy atom. The van der Waals surface area contributed by atoms with E-state index in [2.05, 4.69) is 5.32 Å². The van der Waals surface area contributed by atoms with Gasteiger partial charge in [0, 0.05) is 24.7 Å². The number of amides is 1. The molecular weight excluding hydrogens is 335 g/mol. The van der Waals surface area contributed by atoms with Crippen molar-refractivity contribution in [1.82, 2.24) is 10.2 Å². The highest BCUT2D eigenvalue weighted by atomic mass is 19.1. The molecule has 1 heterocycles. The summed E-state index contributed by atoms with van der Waals surface area (Å²) in [5.74, 6) is -0.971. The second-order valence-corrected chi connectivity index (χ2v) is 6.37. The van der Waals surface area contributed by atoms with Gasteiger partial charge < -0.3 is 10.1 Å². The molecule has 0 bridgehead atoms. The summed E-state index contributed by atoms with van der Waals surface area (Å²) < 4.78 is 17.9. The van der Waals surface area contributed by atoms with E-state index >= 15 is 0 Å². The molecule has 0 aliphatic carbocycles. The van der Waals surface area contributed by atoms with E-state index in [9.17, 15) is 14.0 Å². The number of hydrogen-bond acceptors (Lipinski definition) is 4. The van der Waals surface area contributed by atoms with Gasteiger partial charge in [-0.15, -0.1) is 0 Å². The molecule has 0 spiro atoms. The minimum absolute atomic E-state index is 0.180. The van der Waals surface area contributed by atoms with Crippen molar-refractivity contribution in [3.63, 3.8) is 0 Å². The maximum Gasteiger partial charge on any atom is 0.323 e. The Morgan fingerprint density at radius 1 is 1.15 bits per heavy atom. The second-order valence-electron chi connectivity index (χ2n) is 6.37. The zero-order valence-electron chi connectivity index (χ0n) is 14.5. The number of halogens is 1. The van der Waals surface area contributed by atoms with Gasteiger partial charge in [0.15, 0.2) is 0 Å². The predicted molar refractivity (Wildman–Crippen MR) is 94.9 cm³/mol. The second kappa shape index (κ2) is 8.10. The van der Waals surface area contributed by atoms with Crippen molar-refractivity contribution in [2.24, 2.45) is 0 Å². The highest BCUT2D eigenvalue weighted by Gasteiger charge is 2.38. The molecule has 5 nitrogen and oxygen atoms in total. The molecule has 1 amide bonds. The average Bonchev–Trinajstić information content (AvgIpc) is 3.04. The van der Waals surface area contributed by atoms with Crippen molar-refractivity contribution in [3.8, 4) is 0 Å². The number of nitrogens with zero attached hydrogens (tertiary/aromatic N) is 1. The third kappa shape index (κ3) is 4.26. The van der Waals surface area contributed by atoms with Gasteiger partial charge in [-0.3, -0.25) is 14.5 Å². The predicted octanol–water partition coefficient (Wildman–Crippen LogP) is 2.37. The third-order valence-electron chi connectivity index (χ3n) is 4.55. The molecule has 0 radical (unpaired) electrons. The van der Waals surface area contributed by atoms with Crippen LogP contribution in [0, 0.1) is 5.82 Å². The van der Waals surface area contributed by atoms with Gasteiger partial charge in [-0.2, -0.15) is 0 Å². The molecule has 0 aromatic heterocycles. The highest BCUT2D eigenvalue weighted by Crippen LogP contribution is 2.22. The Morgan fingerprint density at radius 2 is 1.85 bits per heavy atom. The summed E-state index contributed by atoms with van der Waals surface area (Å²) in [5, 5.41) is 2.93. The number of ether oxygens (including phenoxy) is 1. The Kier molecular flexibility index (Phi) is 5.63. The summed E-state index contributed by atoms with van der Waals surface area (Å²) in [6.07, 6.45) is 0.479. The van der Waals surface area contributed by atoms with Crippen LogP contribution in [0.1, 0.15) is 22.3 Å². The van der Waals surface area contributed by atoms with Crippen LogP contribution in [0.3, 0.4) is 0 Å². The fourth-order valence-corrected chi connectivity index (χ4v) is 3.25. The van der Waals surface area contributed by atoms with Crippen molar-refractivity contribution in [2.75, 3.05) is 13.7 Å². The van der Waals surface area contributed by atoms with Crippen LogP contribution in [0.15, 0.2) is 54.6 Å². The smallest absolute Gasteiger partial charge is 0.323 e. The lowest BCUT2D eigenvalue weighted by atomic mass is 10.1. The molecule has 1 fully saturated rings. The van der Waals surface area contributed by atoms with Crippen LogP contribution in [-0.4, -0.2) is 42.5 Å². The quantitative estimate of drug-likeness (QED) is 0.836. The fraction of sp³-hybridized carbons (Fsp3) is 0.300. The molecule has 6 heteroatoms. The van der Waals surface area contributed by atoms with Crippen LogP contribution in [0.5, 0.6) is 0 Å². The normalized spacial score (nSPS) is 19.9. The monoisotopic (exact) mass is 356 g/mol. The molecule has 2 aromatic carbocycles. The number of esters is 1. The Hall–Kier alpha value is -2.73. The van der Waals surface area contributed by atoms with Crippen molar-refractivity contribution in [2.45, 2.75) is 25.0 Å². The molecular formula is C20H21FN2O3. The largest absolute Gasteiger partial charge is 0.468 e. The zero-order valence-corrected chi connectivity index (χ0v) is 14.5. The molecule has 1 aliphatic rings. The topological polar surface area (TPSA) is 58.6 Å². The van der Waals surface area contributed by atoms with E-state index < -0.39 is 6.04 Å². The molecule has 0 saturated carbocycles. The lowest BCUT2D eigenvalue weighted by Gasteiger charge is -2.22. The SMILES string of the molecule is COC(=O)[C@@H]1C[C@@H](NC(=O)c2ccc(F)cc2)CN1Cc1ccccc1. The molecule has 136 valence electrons. The minimum Gasteiger partial charge on any atom is -0.468 e. The molecule has 2 aromatic rings. The first-order valence-corrected chi connectivity index (χ1v) is 8.49. The Labute approximate surface area is 151 Å². The van der Waals surface area contributed by atoms with E-state index in [1.807, 2.05) is 35.2 Å². The summed E-state index contributed by atoms with van der Waals surface area (Å²) in [6, 6.07) is 14.6. The molecule has 1 N–H and O–H groups in total. The third-order valence-corrected chi connectivity index (χ3v) is 4.55. The molecule has 2 atom stereocenters. The van der Waals surface area contributed by atoms with Gasteiger partial charge in [0.2, 0.25) is 0 Å². The summed E-state index contributed by atoms with van der Waals surface area (Å²) in [5.41, 5.74) is 1.48. The van der Waals surface area contributed by atoms with Gasteiger partial charge >= 0.3 is 5.97 Å². The summed E-state index contributed by atoms with van der Waals surface area (Å²) in [7, 11) is 1.37. The van der Waals surface area contributed by atoms with Gasteiger partial charge in [0.1, 0.15) is 11.9 Å². The van der Waals surface area contributed by atoms with E-state index in [0.29, 0.717) is 25.1 Å². The lowest BCUT2D eigenvalue weighted by molar-refractivity contribution is -0.146. The van der Waals surface area contributed by atoms with E-state index in [0.717, 1.165) is 5.56 Å². The molecule has 26 heavy (non-hydrogen) atoms. The number of nitrogens with one attached hydrogen (secondary N) is 1. The highest BCUT2D eigenvalue weighted by molar-refractivity contribution is 5.94. The first kappa shape index (κ1) is 18.1. The molecule has 1 aliphatic heterocycles. The van der Waals surface area contributed by atoms with Crippen molar-refractivity contribution >= 4 is 11.9 Å². The summed E-state index contributed by atoms with van der Waals surface area (Å²) in [4.78, 5) is 26.5.